The third-order valence-corrected chi connectivity index (χ3v) is 2.39. The maximum Gasteiger partial charge on any atom is 0.247 e. The Kier molecular flexibility index (Phi) is 4.10. The van der Waals surface area contributed by atoms with Gasteiger partial charge in [0.05, 0.1) is 29.7 Å². The molecule has 1 amide bonds. The van der Waals surface area contributed by atoms with Gasteiger partial charge in [0, 0.05) is 6.07 Å². The number of nitrogens with zero attached hydrogens (tertiary/aromatic N) is 2. The first-order valence-electron chi connectivity index (χ1n) is 5.78. The van der Waals surface area contributed by atoms with Crippen molar-refractivity contribution < 1.29 is 9.53 Å². The van der Waals surface area contributed by atoms with E-state index in [9.17, 15) is 4.79 Å². The normalized spacial score (nSPS) is 9.35. The molecule has 1 heterocycles. The largest absolute Gasteiger partial charge is 0.456 e. The number of hydrogen-bond donors (Lipinski definition) is 1. The second kappa shape index (κ2) is 6.16. The zero-order chi connectivity index (χ0) is 14.4. The number of hydrogen-bond acceptors (Lipinski definition) is 4. The topological polar surface area (TPSA) is 75.0 Å². The minimum atomic E-state index is -0.317. The quantitative estimate of drug-likeness (QED) is 0.862. The number of pyridine rings is 1. The van der Waals surface area contributed by atoms with E-state index >= 15 is 0 Å². The molecular formula is C15H11N3O2. The van der Waals surface area contributed by atoms with Gasteiger partial charge in [-0.15, -0.1) is 0 Å². The van der Waals surface area contributed by atoms with Gasteiger partial charge in [-0.3, -0.25) is 9.78 Å². The van der Waals surface area contributed by atoms with Gasteiger partial charge < -0.3 is 10.1 Å². The van der Waals surface area contributed by atoms with Crippen molar-refractivity contribution >= 4 is 11.6 Å². The van der Waals surface area contributed by atoms with Crippen LogP contribution in [-0.2, 0) is 4.79 Å². The molecule has 2 rings (SSSR count). The van der Waals surface area contributed by atoms with Crippen LogP contribution in [0.25, 0.3) is 0 Å². The summed E-state index contributed by atoms with van der Waals surface area (Å²) in [5.74, 6) is 0.747. The third kappa shape index (κ3) is 3.43. The summed E-state index contributed by atoms with van der Waals surface area (Å²) in [6, 6.07) is 10.4. The second-order valence-electron chi connectivity index (χ2n) is 3.84. The number of rotatable bonds is 4. The lowest BCUT2D eigenvalue weighted by atomic mass is 10.2. The first-order chi connectivity index (χ1) is 9.71. The Bertz CT molecular complexity index is 672. The molecule has 0 saturated heterocycles. The summed E-state index contributed by atoms with van der Waals surface area (Å²) >= 11 is 0. The van der Waals surface area contributed by atoms with Gasteiger partial charge in [-0.2, -0.15) is 5.26 Å². The molecule has 5 heteroatoms. The van der Waals surface area contributed by atoms with E-state index in [1.54, 1.807) is 30.3 Å². The summed E-state index contributed by atoms with van der Waals surface area (Å²) in [7, 11) is 0. The average molecular weight is 265 g/mol. The zero-order valence-electron chi connectivity index (χ0n) is 10.5. The SMILES string of the molecule is C=CC(=O)Nc1cncc(Oc2ccc(C#N)cc2)c1. The Morgan fingerprint density at radius 2 is 2.05 bits per heavy atom. The highest BCUT2D eigenvalue weighted by Gasteiger charge is 2.02. The summed E-state index contributed by atoms with van der Waals surface area (Å²) in [4.78, 5) is 15.2. The minimum absolute atomic E-state index is 0.317. The molecule has 1 aromatic heterocycles. The number of nitrogens with one attached hydrogen (secondary N) is 1. The van der Waals surface area contributed by atoms with Gasteiger partial charge in [0.2, 0.25) is 5.91 Å². The third-order valence-electron chi connectivity index (χ3n) is 2.39. The van der Waals surface area contributed by atoms with Gasteiger partial charge in [0.1, 0.15) is 11.5 Å². The second-order valence-corrected chi connectivity index (χ2v) is 3.84. The van der Waals surface area contributed by atoms with E-state index in [0.717, 1.165) is 0 Å². The maximum absolute atomic E-state index is 11.2. The van der Waals surface area contributed by atoms with E-state index < -0.39 is 0 Å². The van der Waals surface area contributed by atoms with Gasteiger partial charge >= 0.3 is 0 Å². The van der Waals surface area contributed by atoms with E-state index in [2.05, 4.69) is 16.9 Å². The summed E-state index contributed by atoms with van der Waals surface area (Å²) in [6.45, 7) is 3.37. The minimum Gasteiger partial charge on any atom is -0.456 e. The van der Waals surface area contributed by atoms with Crippen LogP contribution in [0.5, 0.6) is 11.5 Å². The molecule has 1 aromatic carbocycles. The molecule has 5 nitrogen and oxygen atoms in total. The van der Waals surface area contributed by atoms with Gasteiger partial charge in [0.25, 0.3) is 0 Å². The fourth-order valence-corrected chi connectivity index (χ4v) is 1.47. The van der Waals surface area contributed by atoms with Crippen molar-refractivity contribution in [3.05, 3.63) is 60.9 Å². The van der Waals surface area contributed by atoms with Crippen LogP contribution in [0.15, 0.2) is 55.4 Å². The fourth-order valence-electron chi connectivity index (χ4n) is 1.47. The average Bonchev–Trinajstić information content (AvgIpc) is 2.48. The van der Waals surface area contributed by atoms with E-state index in [-0.39, 0.29) is 5.91 Å². The lowest BCUT2D eigenvalue weighted by molar-refractivity contribution is -0.111. The highest BCUT2D eigenvalue weighted by atomic mass is 16.5. The Labute approximate surface area is 116 Å². The predicted octanol–water partition coefficient (Wildman–Crippen LogP) is 2.87. The molecule has 20 heavy (non-hydrogen) atoms. The molecular weight excluding hydrogens is 254 g/mol. The number of amides is 1. The highest BCUT2D eigenvalue weighted by molar-refractivity contribution is 5.98. The summed E-state index contributed by atoms with van der Waals surface area (Å²) in [5, 5.41) is 11.3. The molecule has 0 unspecified atom stereocenters. The Balaban J connectivity index is 2.12. The number of benzene rings is 1. The van der Waals surface area contributed by atoms with Crippen LogP contribution in [0.2, 0.25) is 0 Å². The first kappa shape index (κ1) is 13.3. The lowest BCUT2D eigenvalue weighted by Crippen LogP contribution is -2.07. The van der Waals surface area contributed by atoms with Crippen LogP contribution >= 0.6 is 0 Å². The van der Waals surface area contributed by atoms with E-state index in [1.165, 1.54) is 18.5 Å². The zero-order valence-corrected chi connectivity index (χ0v) is 10.5. The van der Waals surface area contributed by atoms with Crippen LogP contribution in [-0.4, -0.2) is 10.9 Å². The van der Waals surface area contributed by atoms with Crippen molar-refractivity contribution in [2.45, 2.75) is 0 Å². The summed E-state index contributed by atoms with van der Waals surface area (Å²) in [6.07, 6.45) is 4.21. The molecule has 2 aromatic rings. The maximum atomic E-state index is 11.2. The Hall–Kier alpha value is -3.13. The molecule has 98 valence electrons. The van der Waals surface area contributed by atoms with Gasteiger partial charge in [-0.25, -0.2) is 0 Å². The molecule has 0 aliphatic rings. The molecule has 0 radical (unpaired) electrons. The molecule has 1 N–H and O–H groups in total. The molecule has 0 aliphatic carbocycles. The Morgan fingerprint density at radius 3 is 2.70 bits per heavy atom. The van der Waals surface area contributed by atoms with Crippen LogP contribution in [0.4, 0.5) is 5.69 Å². The van der Waals surface area contributed by atoms with E-state index in [4.69, 9.17) is 10.00 Å². The number of anilines is 1. The van der Waals surface area contributed by atoms with E-state index in [0.29, 0.717) is 22.7 Å². The highest BCUT2D eigenvalue weighted by Crippen LogP contribution is 2.23. The molecule has 0 aliphatic heterocycles. The number of nitriles is 1. The molecule has 0 fully saturated rings. The predicted molar refractivity (Wildman–Crippen MR) is 74.3 cm³/mol. The standard InChI is InChI=1S/C15H11N3O2/c1-2-15(19)18-12-7-14(10-17-9-12)20-13-5-3-11(8-16)4-6-13/h2-7,9-10H,1H2,(H,18,19). The van der Waals surface area contributed by atoms with E-state index in [1.807, 2.05) is 6.07 Å². The van der Waals surface area contributed by atoms with Crippen LogP contribution in [0.1, 0.15) is 5.56 Å². The molecule has 0 bridgehead atoms. The van der Waals surface area contributed by atoms with Gasteiger partial charge in [-0.05, 0) is 30.3 Å². The van der Waals surface area contributed by atoms with Crippen LogP contribution < -0.4 is 10.1 Å². The number of aromatic nitrogens is 1. The number of ether oxygens (including phenoxy) is 1. The smallest absolute Gasteiger partial charge is 0.247 e. The van der Waals surface area contributed by atoms with Crippen molar-refractivity contribution in [3.8, 4) is 17.6 Å². The number of carbonyl (C=O) groups is 1. The lowest BCUT2D eigenvalue weighted by Gasteiger charge is -2.07. The Morgan fingerprint density at radius 1 is 1.30 bits per heavy atom. The van der Waals surface area contributed by atoms with Gasteiger partial charge in [0.15, 0.2) is 0 Å². The van der Waals surface area contributed by atoms with Crippen molar-refractivity contribution in [3.63, 3.8) is 0 Å². The van der Waals surface area contributed by atoms with Crippen LogP contribution in [0, 0.1) is 11.3 Å². The summed E-state index contributed by atoms with van der Waals surface area (Å²) < 4.78 is 5.58. The van der Waals surface area contributed by atoms with Crippen molar-refractivity contribution in [1.29, 1.82) is 5.26 Å². The first-order valence-corrected chi connectivity index (χ1v) is 5.78. The monoisotopic (exact) mass is 265 g/mol. The van der Waals surface area contributed by atoms with Gasteiger partial charge in [-0.1, -0.05) is 6.58 Å². The van der Waals surface area contributed by atoms with Crippen molar-refractivity contribution in [2.24, 2.45) is 0 Å². The molecule has 0 saturated carbocycles. The van der Waals surface area contributed by atoms with Crippen molar-refractivity contribution in [2.75, 3.05) is 5.32 Å². The molecule has 0 spiro atoms. The number of carbonyl (C=O) groups excluding carboxylic acids is 1. The van der Waals surface area contributed by atoms with Crippen molar-refractivity contribution in [1.82, 2.24) is 4.98 Å². The fraction of sp³-hybridized carbons (Fsp3) is 0. The summed E-state index contributed by atoms with van der Waals surface area (Å²) in [5.41, 5.74) is 1.07. The molecule has 0 atom stereocenters. The van der Waals surface area contributed by atoms with Crippen LogP contribution in [0.3, 0.4) is 0 Å².